The molecule has 1 heterocycles. The highest BCUT2D eigenvalue weighted by molar-refractivity contribution is 9.10. The van der Waals surface area contributed by atoms with Crippen molar-refractivity contribution in [3.63, 3.8) is 0 Å². The third-order valence-electron chi connectivity index (χ3n) is 11.5. The van der Waals surface area contributed by atoms with Gasteiger partial charge in [-0.05, 0) is 86.4 Å². The molecule has 192 valence electrons. The van der Waals surface area contributed by atoms with Crippen molar-refractivity contribution in [1.29, 1.82) is 0 Å². The molecule has 4 nitrogen and oxygen atoms in total. The summed E-state index contributed by atoms with van der Waals surface area (Å²) >= 11 is 4.27. The highest BCUT2D eigenvalue weighted by atomic mass is 79.9. The van der Waals surface area contributed by atoms with Gasteiger partial charge in [-0.1, -0.05) is 43.6 Å². The van der Waals surface area contributed by atoms with Gasteiger partial charge in [0.15, 0.2) is 0 Å². The van der Waals surface area contributed by atoms with Crippen LogP contribution in [-0.2, 0) is 19.1 Å². The first-order valence-corrected chi connectivity index (χ1v) is 14.8. The molecular formula is C29H45BrO4. The fourth-order valence-corrected chi connectivity index (χ4v) is 11.2. The topological polar surface area (TPSA) is 52.6 Å². The van der Waals surface area contributed by atoms with E-state index in [1.165, 1.54) is 32.6 Å². The zero-order valence-corrected chi connectivity index (χ0v) is 23.5. The molecule has 5 rings (SSSR count). The monoisotopic (exact) mass is 536 g/mol. The van der Waals surface area contributed by atoms with Gasteiger partial charge in [-0.2, -0.15) is 0 Å². The van der Waals surface area contributed by atoms with Crippen LogP contribution in [0.2, 0.25) is 0 Å². The Kier molecular flexibility index (Phi) is 6.57. The Bertz CT molecular complexity index is 827. The van der Waals surface area contributed by atoms with E-state index in [9.17, 15) is 9.59 Å². The molecule has 1 saturated heterocycles. The summed E-state index contributed by atoms with van der Waals surface area (Å²) in [4.78, 5) is 23.9. The molecule has 0 spiro atoms. The molecule has 0 aromatic carbocycles. The number of carbonyl (C=O) groups is 2. The maximum Gasteiger partial charge on any atom is 0.302 e. The van der Waals surface area contributed by atoms with E-state index >= 15 is 0 Å². The van der Waals surface area contributed by atoms with Crippen molar-refractivity contribution in [1.82, 2.24) is 0 Å². The van der Waals surface area contributed by atoms with Crippen LogP contribution in [0.1, 0.15) is 98.8 Å². The largest absolute Gasteiger partial charge is 0.463 e. The minimum atomic E-state index is -0.159. The number of Topliss-reactive ketones (excluding diaryl/α,β-unsaturated/α-hetero) is 1. The van der Waals surface area contributed by atoms with Crippen LogP contribution < -0.4 is 0 Å². The van der Waals surface area contributed by atoms with Crippen LogP contribution in [0.5, 0.6) is 0 Å². The lowest BCUT2D eigenvalue weighted by Crippen LogP contribution is -2.63. The predicted molar refractivity (Wildman–Crippen MR) is 137 cm³/mol. The predicted octanol–water partition coefficient (Wildman–Crippen LogP) is 6.72. The maximum atomic E-state index is 12.3. The Morgan fingerprint density at radius 1 is 1.09 bits per heavy atom. The van der Waals surface area contributed by atoms with Gasteiger partial charge in [-0.3, -0.25) is 9.59 Å². The van der Waals surface area contributed by atoms with Crippen LogP contribution in [0, 0.1) is 46.3 Å². The number of esters is 1. The zero-order chi connectivity index (χ0) is 24.5. The molecule has 34 heavy (non-hydrogen) atoms. The first-order chi connectivity index (χ1) is 16.0. The summed E-state index contributed by atoms with van der Waals surface area (Å²) in [5.74, 6) is 4.02. The van der Waals surface area contributed by atoms with Gasteiger partial charge in [0.25, 0.3) is 0 Å². The van der Waals surface area contributed by atoms with E-state index in [1.807, 2.05) is 13.8 Å². The number of rotatable bonds is 6. The van der Waals surface area contributed by atoms with E-state index in [1.54, 1.807) is 0 Å². The van der Waals surface area contributed by atoms with Gasteiger partial charge in [-0.25, -0.2) is 0 Å². The highest BCUT2D eigenvalue weighted by Gasteiger charge is 2.72. The van der Waals surface area contributed by atoms with Crippen LogP contribution in [0.15, 0.2) is 0 Å². The van der Waals surface area contributed by atoms with Gasteiger partial charge in [0, 0.05) is 31.1 Å². The summed E-state index contributed by atoms with van der Waals surface area (Å²) in [5.41, 5.74) is 0.588. The van der Waals surface area contributed by atoms with Crippen molar-refractivity contribution in [2.45, 2.75) is 115 Å². The van der Waals surface area contributed by atoms with Gasteiger partial charge in [-0.15, -0.1) is 0 Å². The van der Waals surface area contributed by atoms with Crippen LogP contribution in [-0.4, -0.2) is 34.9 Å². The summed E-state index contributed by atoms with van der Waals surface area (Å²) in [6, 6.07) is 0. The summed E-state index contributed by atoms with van der Waals surface area (Å²) in [7, 11) is 0. The molecule has 0 radical (unpaired) electrons. The highest BCUT2D eigenvalue weighted by Crippen LogP contribution is 2.73. The Balaban J connectivity index is 1.33. The van der Waals surface area contributed by atoms with Crippen molar-refractivity contribution in [3.8, 4) is 0 Å². The SMILES string of the molecule is CC(=O)O[C@H]1CC[C@]23CO[C@@H](C[C@H]4[C@@H]5CC[C@H]([C@H](C)CCC(=O)C(C)C)[C@@]5(C)CC[C@@H]42)[C@@]3(Br)C1. The van der Waals surface area contributed by atoms with Gasteiger partial charge < -0.3 is 9.47 Å². The molecule has 1 aliphatic heterocycles. The number of fused-ring (bicyclic) bond motifs is 3. The van der Waals surface area contributed by atoms with Crippen molar-refractivity contribution >= 4 is 27.7 Å². The summed E-state index contributed by atoms with van der Waals surface area (Å²) in [6.45, 7) is 11.5. The van der Waals surface area contributed by atoms with E-state index in [0.29, 0.717) is 23.0 Å². The number of halogens is 1. The quantitative estimate of drug-likeness (QED) is 0.279. The molecule has 0 aromatic rings. The lowest BCUT2D eigenvalue weighted by Gasteiger charge is -2.63. The lowest BCUT2D eigenvalue weighted by molar-refractivity contribution is -0.154. The number of ketones is 1. The van der Waals surface area contributed by atoms with Crippen molar-refractivity contribution in [3.05, 3.63) is 0 Å². The van der Waals surface area contributed by atoms with Gasteiger partial charge in [0.05, 0.1) is 17.0 Å². The molecule has 0 amide bonds. The van der Waals surface area contributed by atoms with Crippen LogP contribution in [0.25, 0.3) is 0 Å². The summed E-state index contributed by atoms with van der Waals surface area (Å²) in [5, 5.41) is 0. The average Bonchev–Trinajstić information content (AvgIpc) is 3.19. The van der Waals surface area contributed by atoms with E-state index in [0.717, 1.165) is 62.9 Å². The molecule has 5 heteroatoms. The number of hydrogen-bond acceptors (Lipinski definition) is 4. The standard InChI is InChI=1S/C29H45BrO4/c1-17(2)25(32)9-6-18(3)22-7-8-23-21-14-26-29(30)15-20(34-19(4)31)10-13-28(29,16-33-26)24(21)11-12-27(22,23)5/h17-18,20-24,26H,6-16H2,1-5H3/t18-,20+,21+,22-,23+,24+,26+,27-,28+,29+/m1/s1. The second-order valence-electron chi connectivity index (χ2n) is 13.3. The number of alkyl halides is 1. The first kappa shape index (κ1) is 25.2. The molecule has 4 aliphatic carbocycles. The fraction of sp³-hybridized carbons (Fsp3) is 0.931. The lowest BCUT2D eigenvalue weighted by atomic mass is 9.44. The van der Waals surface area contributed by atoms with E-state index in [2.05, 4.69) is 29.8 Å². The van der Waals surface area contributed by atoms with E-state index < -0.39 is 0 Å². The van der Waals surface area contributed by atoms with Crippen molar-refractivity contribution < 1.29 is 19.1 Å². The Labute approximate surface area is 214 Å². The average molecular weight is 538 g/mol. The Morgan fingerprint density at radius 3 is 2.56 bits per heavy atom. The fourth-order valence-electron chi connectivity index (χ4n) is 9.86. The molecule has 0 unspecified atom stereocenters. The molecule has 5 aliphatic rings. The first-order valence-electron chi connectivity index (χ1n) is 14.0. The molecule has 4 saturated carbocycles. The van der Waals surface area contributed by atoms with Gasteiger partial charge in [0.1, 0.15) is 11.9 Å². The third-order valence-corrected chi connectivity index (χ3v) is 13.2. The van der Waals surface area contributed by atoms with Gasteiger partial charge in [0.2, 0.25) is 0 Å². The molecule has 10 atom stereocenters. The minimum Gasteiger partial charge on any atom is -0.463 e. The van der Waals surface area contributed by atoms with Crippen LogP contribution >= 0.6 is 15.9 Å². The summed E-state index contributed by atoms with van der Waals surface area (Å²) < 4.78 is 12.2. The van der Waals surface area contributed by atoms with Crippen molar-refractivity contribution in [2.75, 3.05) is 6.61 Å². The second-order valence-corrected chi connectivity index (χ2v) is 14.7. The Morgan fingerprint density at radius 2 is 1.85 bits per heavy atom. The minimum absolute atomic E-state index is 0.0184. The van der Waals surface area contributed by atoms with E-state index in [4.69, 9.17) is 9.47 Å². The maximum absolute atomic E-state index is 12.3. The molecule has 0 aromatic heterocycles. The normalized spacial score (nSPS) is 48.1. The smallest absolute Gasteiger partial charge is 0.302 e. The zero-order valence-electron chi connectivity index (χ0n) is 21.9. The number of carbonyl (C=O) groups excluding carboxylic acids is 2. The Hall–Kier alpha value is -0.420. The van der Waals surface area contributed by atoms with Crippen LogP contribution in [0.3, 0.4) is 0 Å². The molecule has 0 N–H and O–H groups in total. The van der Waals surface area contributed by atoms with Crippen molar-refractivity contribution in [2.24, 2.45) is 46.3 Å². The third kappa shape index (κ3) is 3.68. The van der Waals surface area contributed by atoms with Gasteiger partial charge >= 0.3 is 5.97 Å². The second kappa shape index (κ2) is 8.85. The van der Waals surface area contributed by atoms with E-state index in [-0.39, 0.29) is 33.8 Å². The molecular weight excluding hydrogens is 492 g/mol. The molecule has 2 bridgehead atoms. The molecule has 5 fully saturated rings. The van der Waals surface area contributed by atoms with Crippen LogP contribution in [0.4, 0.5) is 0 Å². The number of ether oxygens (including phenoxy) is 2. The number of hydrogen-bond donors (Lipinski definition) is 0. The summed E-state index contributed by atoms with van der Waals surface area (Å²) in [6.07, 6.45) is 11.5.